The summed E-state index contributed by atoms with van der Waals surface area (Å²) in [6.07, 6.45) is 4.85. The summed E-state index contributed by atoms with van der Waals surface area (Å²) in [5.74, 6) is -0.0602. The molecule has 130 valence electrons. The second-order valence-electron chi connectivity index (χ2n) is 6.92. The van der Waals surface area contributed by atoms with E-state index in [9.17, 15) is 4.79 Å². The van der Waals surface area contributed by atoms with Gasteiger partial charge in [-0.15, -0.1) is 0 Å². The molecule has 3 aromatic rings. The van der Waals surface area contributed by atoms with Crippen molar-refractivity contribution in [3.8, 4) is 11.3 Å². The largest absolute Gasteiger partial charge is 0.345 e. The van der Waals surface area contributed by atoms with E-state index in [0.29, 0.717) is 5.56 Å². The minimum Gasteiger partial charge on any atom is -0.345 e. The summed E-state index contributed by atoms with van der Waals surface area (Å²) in [7, 11) is 0. The molecule has 1 heterocycles. The highest BCUT2D eigenvalue weighted by Crippen LogP contribution is 2.29. The molecule has 1 aliphatic rings. The van der Waals surface area contributed by atoms with Gasteiger partial charge in [0.1, 0.15) is 0 Å². The summed E-state index contributed by atoms with van der Waals surface area (Å²) >= 11 is 0. The number of carbonyl (C=O) groups excluding carboxylic acids is 1. The Morgan fingerprint density at radius 2 is 1.96 bits per heavy atom. The van der Waals surface area contributed by atoms with Crippen LogP contribution in [-0.2, 0) is 6.42 Å². The molecule has 0 spiro atoms. The number of nitrogens with one attached hydrogen (secondary N) is 1. The third-order valence-electron chi connectivity index (χ3n) is 5.01. The highest BCUT2D eigenvalue weighted by atomic mass is 16.1. The van der Waals surface area contributed by atoms with Gasteiger partial charge in [0.25, 0.3) is 5.91 Å². The van der Waals surface area contributed by atoms with Crippen molar-refractivity contribution in [3.63, 3.8) is 0 Å². The zero-order chi connectivity index (χ0) is 17.9. The third kappa shape index (κ3) is 3.38. The van der Waals surface area contributed by atoms with Gasteiger partial charge >= 0.3 is 0 Å². The fourth-order valence-electron chi connectivity index (χ4n) is 3.65. The van der Waals surface area contributed by atoms with Crippen LogP contribution in [0, 0.1) is 6.92 Å². The van der Waals surface area contributed by atoms with Crippen LogP contribution in [-0.4, -0.2) is 10.9 Å². The standard InChI is InChI=1S/C23H22N2O/c1-16-6-4-9-18(14-16)21-13-12-19(15-24-21)23(26)25-22-11-5-8-17-7-2-3-10-20(17)22/h2-4,6-7,9-10,12-15,22H,5,8,11H2,1H3,(H,25,26). The molecule has 1 N–H and O–H groups in total. The molecule has 26 heavy (non-hydrogen) atoms. The van der Waals surface area contributed by atoms with Crippen molar-refractivity contribution < 1.29 is 4.79 Å². The molecular weight excluding hydrogens is 320 g/mol. The second-order valence-corrected chi connectivity index (χ2v) is 6.92. The molecule has 2 aromatic carbocycles. The summed E-state index contributed by atoms with van der Waals surface area (Å²) in [5.41, 5.74) is 6.34. The van der Waals surface area contributed by atoms with Gasteiger partial charge in [-0.3, -0.25) is 9.78 Å². The normalized spacial score (nSPS) is 16.0. The van der Waals surface area contributed by atoms with Crippen LogP contribution < -0.4 is 5.32 Å². The number of amides is 1. The second kappa shape index (κ2) is 7.12. The molecule has 1 aromatic heterocycles. The monoisotopic (exact) mass is 342 g/mol. The number of hydrogen-bond donors (Lipinski definition) is 1. The van der Waals surface area contributed by atoms with Crippen molar-refractivity contribution in [1.29, 1.82) is 0 Å². The van der Waals surface area contributed by atoms with E-state index in [0.717, 1.165) is 30.5 Å². The first-order valence-corrected chi connectivity index (χ1v) is 9.12. The SMILES string of the molecule is Cc1cccc(-c2ccc(C(=O)NC3CCCc4ccccc43)cn2)c1. The van der Waals surface area contributed by atoms with Crippen LogP contribution in [0.2, 0.25) is 0 Å². The van der Waals surface area contributed by atoms with E-state index in [1.54, 1.807) is 6.20 Å². The molecule has 0 bridgehead atoms. The molecule has 1 amide bonds. The Morgan fingerprint density at radius 1 is 1.08 bits per heavy atom. The lowest BCUT2D eigenvalue weighted by molar-refractivity contribution is 0.0932. The van der Waals surface area contributed by atoms with Crippen molar-refractivity contribution in [3.05, 3.63) is 89.1 Å². The van der Waals surface area contributed by atoms with E-state index >= 15 is 0 Å². The summed E-state index contributed by atoms with van der Waals surface area (Å²) in [6.45, 7) is 2.06. The Balaban J connectivity index is 1.51. The highest BCUT2D eigenvalue weighted by molar-refractivity contribution is 5.94. The molecule has 4 rings (SSSR count). The van der Waals surface area contributed by atoms with Crippen LogP contribution in [0.1, 0.15) is 45.9 Å². The minimum atomic E-state index is -0.0602. The first-order valence-electron chi connectivity index (χ1n) is 9.12. The van der Waals surface area contributed by atoms with Crippen LogP contribution in [0.3, 0.4) is 0 Å². The summed E-state index contributed by atoms with van der Waals surface area (Å²) < 4.78 is 0. The molecular formula is C23H22N2O. The lowest BCUT2D eigenvalue weighted by atomic mass is 9.87. The summed E-state index contributed by atoms with van der Waals surface area (Å²) in [4.78, 5) is 17.2. The fraction of sp³-hybridized carbons (Fsp3) is 0.217. The van der Waals surface area contributed by atoms with Crippen molar-refractivity contribution in [1.82, 2.24) is 10.3 Å². The molecule has 0 saturated heterocycles. The van der Waals surface area contributed by atoms with E-state index in [-0.39, 0.29) is 11.9 Å². The number of aryl methyl sites for hydroxylation is 2. The molecule has 1 atom stereocenters. The Kier molecular flexibility index (Phi) is 4.53. The number of rotatable bonds is 3. The van der Waals surface area contributed by atoms with Gasteiger partial charge in [0, 0.05) is 11.8 Å². The number of pyridine rings is 1. The first-order chi connectivity index (χ1) is 12.7. The van der Waals surface area contributed by atoms with E-state index in [1.165, 1.54) is 16.7 Å². The Labute approximate surface area is 154 Å². The van der Waals surface area contributed by atoms with Gasteiger partial charge in [-0.1, -0.05) is 48.0 Å². The zero-order valence-electron chi connectivity index (χ0n) is 14.9. The van der Waals surface area contributed by atoms with Gasteiger partial charge < -0.3 is 5.32 Å². The van der Waals surface area contributed by atoms with Crippen LogP contribution >= 0.6 is 0 Å². The fourth-order valence-corrected chi connectivity index (χ4v) is 3.65. The Hall–Kier alpha value is -2.94. The van der Waals surface area contributed by atoms with Crippen molar-refractivity contribution >= 4 is 5.91 Å². The van der Waals surface area contributed by atoms with Gasteiger partial charge in [0.05, 0.1) is 17.3 Å². The number of aromatic nitrogens is 1. The van der Waals surface area contributed by atoms with Crippen molar-refractivity contribution in [2.24, 2.45) is 0 Å². The Morgan fingerprint density at radius 3 is 2.77 bits per heavy atom. The number of benzene rings is 2. The van der Waals surface area contributed by atoms with E-state index in [1.807, 2.05) is 30.3 Å². The van der Waals surface area contributed by atoms with E-state index in [2.05, 4.69) is 47.6 Å². The predicted molar refractivity (Wildman–Crippen MR) is 104 cm³/mol. The van der Waals surface area contributed by atoms with Gasteiger partial charge in [0.2, 0.25) is 0 Å². The minimum absolute atomic E-state index is 0.0602. The van der Waals surface area contributed by atoms with Crippen molar-refractivity contribution in [2.75, 3.05) is 0 Å². The lowest BCUT2D eigenvalue weighted by Crippen LogP contribution is -2.31. The van der Waals surface area contributed by atoms with Gasteiger partial charge in [0.15, 0.2) is 0 Å². The maximum Gasteiger partial charge on any atom is 0.253 e. The third-order valence-corrected chi connectivity index (χ3v) is 5.01. The summed E-state index contributed by atoms with van der Waals surface area (Å²) in [6, 6.07) is 20.5. The van der Waals surface area contributed by atoms with Crippen LogP contribution in [0.15, 0.2) is 66.9 Å². The quantitative estimate of drug-likeness (QED) is 0.738. The zero-order valence-corrected chi connectivity index (χ0v) is 14.9. The van der Waals surface area contributed by atoms with Crippen LogP contribution in [0.4, 0.5) is 0 Å². The molecule has 0 saturated carbocycles. The topological polar surface area (TPSA) is 42.0 Å². The maximum absolute atomic E-state index is 12.7. The molecule has 3 nitrogen and oxygen atoms in total. The number of carbonyl (C=O) groups is 1. The summed E-state index contributed by atoms with van der Waals surface area (Å²) in [5, 5.41) is 3.18. The van der Waals surface area contributed by atoms with Gasteiger partial charge in [-0.05, 0) is 55.5 Å². The van der Waals surface area contributed by atoms with E-state index in [4.69, 9.17) is 0 Å². The maximum atomic E-state index is 12.7. The molecule has 0 aliphatic heterocycles. The average Bonchev–Trinajstić information content (AvgIpc) is 2.68. The molecule has 3 heteroatoms. The predicted octanol–water partition coefficient (Wildman–Crippen LogP) is 4.86. The number of nitrogens with zero attached hydrogens (tertiary/aromatic N) is 1. The molecule has 0 fully saturated rings. The molecule has 1 aliphatic carbocycles. The van der Waals surface area contributed by atoms with Crippen LogP contribution in [0.5, 0.6) is 0 Å². The average molecular weight is 342 g/mol. The van der Waals surface area contributed by atoms with Crippen molar-refractivity contribution in [2.45, 2.75) is 32.2 Å². The molecule has 0 radical (unpaired) electrons. The molecule has 1 unspecified atom stereocenters. The van der Waals surface area contributed by atoms with Gasteiger partial charge in [-0.2, -0.15) is 0 Å². The first kappa shape index (κ1) is 16.5. The van der Waals surface area contributed by atoms with Gasteiger partial charge in [-0.25, -0.2) is 0 Å². The van der Waals surface area contributed by atoms with Crippen LogP contribution in [0.25, 0.3) is 11.3 Å². The highest BCUT2D eigenvalue weighted by Gasteiger charge is 2.21. The number of fused-ring (bicyclic) bond motifs is 1. The lowest BCUT2D eigenvalue weighted by Gasteiger charge is -2.26. The smallest absolute Gasteiger partial charge is 0.253 e. The van der Waals surface area contributed by atoms with E-state index < -0.39 is 0 Å². The number of hydrogen-bond acceptors (Lipinski definition) is 2. The Bertz CT molecular complexity index is 931.